The van der Waals surface area contributed by atoms with Gasteiger partial charge in [0.1, 0.15) is 0 Å². The van der Waals surface area contributed by atoms with Gasteiger partial charge in [0, 0.05) is 12.6 Å². The smallest absolute Gasteiger partial charge is 0.0449 e. The van der Waals surface area contributed by atoms with Crippen molar-refractivity contribution in [2.75, 3.05) is 26.7 Å². The van der Waals surface area contributed by atoms with Crippen LogP contribution in [0, 0.1) is 0 Å². The molecule has 0 heterocycles. The van der Waals surface area contributed by atoms with E-state index in [4.69, 9.17) is 0 Å². The molecular weight excluding hydrogens is 232 g/mol. The van der Waals surface area contributed by atoms with E-state index in [2.05, 4.69) is 62.3 Å². The van der Waals surface area contributed by atoms with Crippen LogP contribution >= 0.6 is 0 Å². The van der Waals surface area contributed by atoms with Crippen LogP contribution in [-0.4, -0.2) is 31.6 Å². The van der Waals surface area contributed by atoms with Gasteiger partial charge < -0.3 is 10.2 Å². The first-order valence-electron chi connectivity index (χ1n) is 7.72. The van der Waals surface area contributed by atoms with Crippen LogP contribution in [0.2, 0.25) is 0 Å². The summed E-state index contributed by atoms with van der Waals surface area (Å²) in [5.74, 6) is 0. The minimum absolute atomic E-state index is 0.442. The average Bonchev–Trinajstić information content (AvgIpc) is 2.40. The van der Waals surface area contributed by atoms with Crippen LogP contribution in [0.1, 0.15) is 50.8 Å². The van der Waals surface area contributed by atoms with Gasteiger partial charge in [-0.05, 0) is 44.1 Å². The Kier molecular flexibility index (Phi) is 7.76. The summed E-state index contributed by atoms with van der Waals surface area (Å²) in [4.78, 5) is 2.41. The molecule has 2 nitrogen and oxygen atoms in total. The van der Waals surface area contributed by atoms with E-state index in [9.17, 15) is 0 Å². The molecule has 1 atom stereocenters. The largest absolute Gasteiger partial charge is 0.309 e. The van der Waals surface area contributed by atoms with Crippen molar-refractivity contribution in [1.82, 2.24) is 10.2 Å². The zero-order valence-electron chi connectivity index (χ0n) is 13.1. The molecule has 1 aromatic rings. The fourth-order valence-corrected chi connectivity index (χ4v) is 2.52. The minimum Gasteiger partial charge on any atom is -0.309 e. The van der Waals surface area contributed by atoms with Crippen LogP contribution in [0.4, 0.5) is 0 Å². The van der Waals surface area contributed by atoms with Crippen LogP contribution < -0.4 is 5.32 Å². The van der Waals surface area contributed by atoms with Crippen molar-refractivity contribution in [2.24, 2.45) is 0 Å². The molecule has 0 spiro atoms. The maximum atomic E-state index is 3.60. The van der Waals surface area contributed by atoms with Gasteiger partial charge in [-0.3, -0.25) is 0 Å². The van der Waals surface area contributed by atoms with E-state index in [1.54, 1.807) is 0 Å². The predicted molar refractivity (Wildman–Crippen MR) is 84.6 cm³/mol. The number of nitrogens with one attached hydrogen (secondary N) is 1. The van der Waals surface area contributed by atoms with Gasteiger partial charge in [-0.25, -0.2) is 0 Å². The number of likely N-dealkylation sites (N-methyl/N-ethyl adjacent to an activating group) is 2. The summed E-state index contributed by atoms with van der Waals surface area (Å²) in [6.07, 6.45) is 3.61. The normalized spacial score (nSPS) is 12.9. The molecule has 0 saturated heterocycles. The maximum absolute atomic E-state index is 3.60. The lowest BCUT2D eigenvalue weighted by atomic mass is 10.0. The van der Waals surface area contributed by atoms with Crippen molar-refractivity contribution < 1.29 is 0 Å². The highest BCUT2D eigenvalue weighted by atomic mass is 15.1. The molecule has 0 amide bonds. The molecule has 1 unspecified atom stereocenters. The van der Waals surface area contributed by atoms with E-state index in [1.807, 2.05) is 0 Å². The van der Waals surface area contributed by atoms with Crippen molar-refractivity contribution >= 4 is 0 Å². The highest BCUT2D eigenvalue weighted by molar-refractivity contribution is 5.25. The number of aryl methyl sites for hydroxylation is 1. The van der Waals surface area contributed by atoms with Gasteiger partial charge in [0.25, 0.3) is 0 Å². The summed E-state index contributed by atoms with van der Waals surface area (Å²) < 4.78 is 0. The van der Waals surface area contributed by atoms with Gasteiger partial charge in [-0.15, -0.1) is 0 Å². The third kappa shape index (κ3) is 5.75. The molecule has 0 aromatic heterocycles. The Bertz CT molecular complexity index is 332. The molecule has 19 heavy (non-hydrogen) atoms. The van der Waals surface area contributed by atoms with Crippen molar-refractivity contribution in [3.8, 4) is 0 Å². The third-order valence-electron chi connectivity index (χ3n) is 3.47. The second-order valence-electron chi connectivity index (χ2n) is 5.36. The Morgan fingerprint density at radius 2 is 1.74 bits per heavy atom. The van der Waals surface area contributed by atoms with Crippen LogP contribution in [-0.2, 0) is 6.42 Å². The molecule has 1 rings (SSSR count). The van der Waals surface area contributed by atoms with E-state index in [0.29, 0.717) is 6.04 Å². The lowest BCUT2D eigenvalue weighted by molar-refractivity contribution is 0.292. The van der Waals surface area contributed by atoms with E-state index >= 15 is 0 Å². The molecular formula is C17H30N2. The van der Waals surface area contributed by atoms with E-state index < -0.39 is 0 Å². The van der Waals surface area contributed by atoms with E-state index in [-0.39, 0.29) is 0 Å². The lowest BCUT2D eigenvalue weighted by Gasteiger charge is -2.25. The van der Waals surface area contributed by atoms with Crippen LogP contribution in [0.5, 0.6) is 0 Å². The minimum atomic E-state index is 0.442. The Hall–Kier alpha value is -0.860. The summed E-state index contributed by atoms with van der Waals surface area (Å²) in [7, 11) is 2.21. The molecule has 2 heteroatoms. The monoisotopic (exact) mass is 262 g/mol. The first kappa shape index (κ1) is 16.2. The van der Waals surface area contributed by atoms with E-state index in [0.717, 1.165) is 19.6 Å². The number of nitrogens with zero attached hydrogens (tertiary/aromatic N) is 1. The van der Waals surface area contributed by atoms with Crippen LogP contribution in [0.3, 0.4) is 0 Å². The summed E-state index contributed by atoms with van der Waals surface area (Å²) in [6, 6.07) is 9.58. The van der Waals surface area contributed by atoms with Gasteiger partial charge in [-0.1, -0.05) is 51.5 Å². The molecule has 0 radical (unpaired) electrons. The Morgan fingerprint density at radius 1 is 1.05 bits per heavy atom. The standard InChI is InChI=1S/C17H30N2/c1-5-8-15-9-11-16(12-10-15)17(18-7-3)14-19(4)13-6-2/h9-12,17-18H,5-8,13-14H2,1-4H3. The number of hydrogen-bond acceptors (Lipinski definition) is 2. The highest BCUT2D eigenvalue weighted by Crippen LogP contribution is 2.16. The third-order valence-corrected chi connectivity index (χ3v) is 3.47. The Morgan fingerprint density at radius 3 is 2.26 bits per heavy atom. The SMILES string of the molecule is CCCc1ccc(C(CN(C)CCC)NCC)cc1. The zero-order valence-corrected chi connectivity index (χ0v) is 13.1. The fraction of sp³-hybridized carbons (Fsp3) is 0.647. The highest BCUT2D eigenvalue weighted by Gasteiger charge is 2.12. The van der Waals surface area contributed by atoms with Crippen molar-refractivity contribution in [2.45, 2.75) is 46.1 Å². The first-order chi connectivity index (χ1) is 9.21. The van der Waals surface area contributed by atoms with Crippen molar-refractivity contribution in [3.63, 3.8) is 0 Å². The molecule has 0 aliphatic rings. The topological polar surface area (TPSA) is 15.3 Å². The first-order valence-corrected chi connectivity index (χ1v) is 7.72. The van der Waals surface area contributed by atoms with Gasteiger partial charge in [-0.2, -0.15) is 0 Å². The maximum Gasteiger partial charge on any atom is 0.0449 e. The predicted octanol–water partition coefficient (Wildman–Crippen LogP) is 3.63. The van der Waals surface area contributed by atoms with Crippen LogP contribution in [0.15, 0.2) is 24.3 Å². The molecule has 1 N–H and O–H groups in total. The van der Waals surface area contributed by atoms with Crippen LogP contribution in [0.25, 0.3) is 0 Å². The molecule has 0 bridgehead atoms. The second kappa shape index (κ2) is 9.11. The lowest BCUT2D eigenvalue weighted by Crippen LogP contribution is -2.33. The average molecular weight is 262 g/mol. The summed E-state index contributed by atoms with van der Waals surface area (Å²) >= 11 is 0. The molecule has 0 fully saturated rings. The number of rotatable bonds is 9. The van der Waals surface area contributed by atoms with E-state index in [1.165, 1.54) is 30.4 Å². The number of benzene rings is 1. The van der Waals surface area contributed by atoms with Gasteiger partial charge in [0.05, 0.1) is 0 Å². The number of hydrogen-bond donors (Lipinski definition) is 1. The molecule has 0 aliphatic carbocycles. The summed E-state index contributed by atoms with van der Waals surface area (Å²) in [5.41, 5.74) is 2.85. The second-order valence-corrected chi connectivity index (χ2v) is 5.36. The Labute approximate surface area is 119 Å². The van der Waals surface area contributed by atoms with Gasteiger partial charge in [0.15, 0.2) is 0 Å². The quantitative estimate of drug-likeness (QED) is 0.731. The fourth-order valence-electron chi connectivity index (χ4n) is 2.52. The zero-order chi connectivity index (χ0) is 14.1. The molecule has 108 valence electrons. The van der Waals surface area contributed by atoms with Crippen molar-refractivity contribution in [1.29, 1.82) is 0 Å². The molecule has 0 saturated carbocycles. The molecule has 0 aliphatic heterocycles. The van der Waals surface area contributed by atoms with Gasteiger partial charge in [0.2, 0.25) is 0 Å². The molecule has 1 aromatic carbocycles. The summed E-state index contributed by atoms with van der Waals surface area (Å²) in [5, 5.41) is 3.60. The van der Waals surface area contributed by atoms with Crippen molar-refractivity contribution in [3.05, 3.63) is 35.4 Å². The van der Waals surface area contributed by atoms with Gasteiger partial charge >= 0.3 is 0 Å². The summed E-state index contributed by atoms with van der Waals surface area (Å²) in [6.45, 7) is 9.90. The Balaban J connectivity index is 2.68.